The van der Waals surface area contributed by atoms with E-state index in [1.165, 1.54) is 21.9 Å². The van der Waals surface area contributed by atoms with Crippen LogP contribution in [-0.4, -0.2) is 79.1 Å². The van der Waals surface area contributed by atoms with E-state index in [0.717, 1.165) is 6.20 Å². The Balaban J connectivity index is 1.35. The molecule has 1 fully saturated rings. The van der Waals surface area contributed by atoms with Gasteiger partial charge in [-0.25, -0.2) is 28.7 Å². The number of anilines is 2. The van der Waals surface area contributed by atoms with Crippen molar-refractivity contribution >= 4 is 28.7 Å². The molecule has 1 aliphatic rings. The maximum atomic E-state index is 15.0. The van der Waals surface area contributed by atoms with Gasteiger partial charge in [0.15, 0.2) is 11.6 Å². The normalized spacial score (nSPS) is 14.9. The van der Waals surface area contributed by atoms with Crippen LogP contribution >= 0.6 is 0 Å². The van der Waals surface area contributed by atoms with Gasteiger partial charge in [0.1, 0.15) is 22.9 Å². The van der Waals surface area contributed by atoms with Crippen LogP contribution in [0, 0.1) is 25.5 Å². The summed E-state index contributed by atoms with van der Waals surface area (Å²) in [6.07, 6.45) is -2.89. The van der Waals surface area contributed by atoms with Gasteiger partial charge in [0.05, 0.1) is 29.5 Å². The minimum absolute atomic E-state index is 0.000251. The van der Waals surface area contributed by atoms with Crippen LogP contribution in [0.2, 0.25) is 0 Å². The Bertz CT molecular complexity index is 1670. The summed E-state index contributed by atoms with van der Waals surface area (Å²) >= 11 is 0. The number of hydrogen-bond donors (Lipinski definition) is 1. The molecule has 0 unspecified atom stereocenters. The number of nitrogens with one attached hydrogen (secondary N) is 1. The van der Waals surface area contributed by atoms with E-state index >= 15 is 4.39 Å². The number of carbonyl (C=O) groups is 1. The number of nitrogens with zero attached hydrogens (tertiary/aromatic N) is 7. The number of hydrogen-bond acceptors (Lipinski definition) is 7. The van der Waals surface area contributed by atoms with Gasteiger partial charge in [-0.05, 0) is 58.4 Å². The number of alkyl halides is 3. The molecule has 5 rings (SSSR count). The topological polar surface area (TPSA) is 92.1 Å². The molecule has 0 atom stereocenters. The second-order valence-corrected chi connectivity index (χ2v) is 10.8. The molecule has 9 nitrogen and oxygen atoms in total. The largest absolute Gasteiger partial charge is 0.401 e. The second-order valence-electron chi connectivity index (χ2n) is 10.8. The lowest BCUT2D eigenvalue weighted by Crippen LogP contribution is -2.38. The SMILES string of the molecule is Cc1nc(Nc2ncc(F)c(-c3cc(F)c4nc(C)n(C(C)C)c4c3)n2)ccc1C(=O)N1CCCN(CC(F)(F)F)CC1. The number of benzene rings is 1. The van der Waals surface area contributed by atoms with Crippen molar-refractivity contribution in [2.24, 2.45) is 0 Å². The second kappa shape index (κ2) is 11.8. The summed E-state index contributed by atoms with van der Waals surface area (Å²) in [5.74, 6) is -0.735. The Morgan fingerprint density at radius 3 is 2.47 bits per heavy atom. The van der Waals surface area contributed by atoms with Crippen molar-refractivity contribution in [3.8, 4) is 11.3 Å². The molecule has 1 N–H and O–H groups in total. The van der Waals surface area contributed by atoms with Crippen molar-refractivity contribution < 1.29 is 26.7 Å². The smallest absolute Gasteiger partial charge is 0.337 e. The molecule has 4 aromatic rings. The molecule has 0 radical (unpaired) electrons. The van der Waals surface area contributed by atoms with Gasteiger partial charge in [-0.2, -0.15) is 13.2 Å². The lowest BCUT2D eigenvalue weighted by atomic mass is 10.1. The van der Waals surface area contributed by atoms with Gasteiger partial charge in [-0.1, -0.05) is 0 Å². The molecule has 1 aromatic carbocycles. The average molecular weight is 603 g/mol. The predicted molar refractivity (Wildman–Crippen MR) is 151 cm³/mol. The van der Waals surface area contributed by atoms with Gasteiger partial charge < -0.3 is 14.8 Å². The van der Waals surface area contributed by atoms with Crippen LogP contribution in [0.5, 0.6) is 0 Å². The van der Waals surface area contributed by atoms with E-state index in [2.05, 4.69) is 25.3 Å². The summed E-state index contributed by atoms with van der Waals surface area (Å²) in [6, 6.07) is 5.93. The molecule has 0 saturated carbocycles. The van der Waals surface area contributed by atoms with Crippen molar-refractivity contribution in [2.45, 2.75) is 46.3 Å². The third-order valence-corrected chi connectivity index (χ3v) is 7.29. The Morgan fingerprint density at radius 1 is 1.00 bits per heavy atom. The maximum absolute atomic E-state index is 15.0. The minimum atomic E-state index is -4.29. The van der Waals surface area contributed by atoms with E-state index in [-0.39, 0.29) is 60.1 Å². The van der Waals surface area contributed by atoms with Crippen LogP contribution in [0.4, 0.5) is 33.7 Å². The predicted octanol–water partition coefficient (Wildman–Crippen LogP) is 5.82. The standard InChI is InChI=1S/C29H31F5N8O/c1-16(2)42-18(4)37-26-21(30)12-19(13-23(26)42)25-22(31)14-35-28(39-25)38-24-7-6-20(17(3)36-24)27(43)41-9-5-8-40(10-11-41)15-29(32,33)34/h6-7,12-14,16H,5,8-11,15H2,1-4H3,(H,35,36,38,39). The zero-order valence-electron chi connectivity index (χ0n) is 24.1. The molecule has 43 heavy (non-hydrogen) atoms. The van der Waals surface area contributed by atoms with E-state index < -0.39 is 24.4 Å². The Kier molecular flexibility index (Phi) is 8.32. The van der Waals surface area contributed by atoms with Gasteiger partial charge in [-0.15, -0.1) is 0 Å². The number of amides is 1. The summed E-state index contributed by atoms with van der Waals surface area (Å²) in [6.45, 7) is 7.19. The number of aryl methyl sites for hydroxylation is 2. The zero-order valence-corrected chi connectivity index (χ0v) is 24.1. The highest BCUT2D eigenvalue weighted by Crippen LogP contribution is 2.30. The monoisotopic (exact) mass is 602 g/mol. The van der Waals surface area contributed by atoms with Crippen LogP contribution < -0.4 is 5.32 Å². The van der Waals surface area contributed by atoms with Crippen molar-refractivity contribution in [3.63, 3.8) is 0 Å². The maximum Gasteiger partial charge on any atom is 0.401 e. The molecule has 1 saturated heterocycles. The zero-order chi connectivity index (χ0) is 31.1. The molecule has 1 amide bonds. The molecule has 3 aromatic heterocycles. The quantitative estimate of drug-likeness (QED) is 0.278. The summed E-state index contributed by atoms with van der Waals surface area (Å²) < 4.78 is 70.2. The van der Waals surface area contributed by atoms with E-state index in [1.54, 1.807) is 26.0 Å². The van der Waals surface area contributed by atoms with Crippen molar-refractivity contribution in [2.75, 3.05) is 38.0 Å². The van der Waals surface area contributed by atoms with Gasteiger partial charge in [0.25, 0.3) is 5.91 Å². The van der Waals surface area contributed by atoms with Crippen LogP contribution in [-0.2, 0) is 0 Å². The van der Waals surface area contributed by atoms with Gasteiger partial charge >= 0.3 is 6.18 Å². The molecular formula is C29H31F5N8O. The Labute approximate surface area is 244 Å². The van der Waals surface area contributed by atoms with E-state index in [4.69, 9.17) is 0 Å². The lowest BCUT2D eigenvalue weighted by molar-refractivity contribution is -0.145. The fourth-order valence-electron chi connectivity index (χ4n) is 5.41. The van der Waals surface area contributed by atoms with Gasteiger partial charge in [0.2, 0.25) is 5.95 Å². The number of imidazole rings is 1. The number of pyridine rings is 1. The van der Waals surface area contributed by atoms with Crippen molar-refractivity contribution in [1.29, 1.82) is 0 Å². The van der Waals surface area contributed by atoms with E-state index in [0.29, 0.717) is 35.6 Å². The summed E-state index contributed by atoms with van der Waals surface area (Å²) in [5, 5.41) is 2.90. The lowest BCUT2D eigenvalue weighted by Gasteiger charge is -2.23. The number of fused-ring (bicyclic) bond motifs is 1. The summed E-state index contributed by atoms with van der Waals surface area (Å²) in [4.78, 5) is 33.0. The Morgan fingerprint density at radius 2 is 1.77 bits per heavy atom. The van der Waals surface area contributed by atoms with Crippen LogP contribution in [0.3, 0.4) is 0 Å². The molecule has 0 aliphatic carbocycles. The highest BCUT2D eigenvalue weighted by molar-refractivity contribution is 5.95. The minimum Gasteiger partial charge on any atom is -0.337 e. The van der Waals surface area contributed by atoms with Crippen molar-refractivity contribution in [3.05, 3.63) is 59.2 Å². The molecule has 4 heterocycles. The molecule has 228 valence electrons. The van der Waals surface area contributed by atoms with Crippen molar-refractivity contribution in [1.82, 2.24) is 34.3 Å². The molecule has 0 spiro atoms. The van der Waals surface area contributed by atoms with E-state index in [9.17, 15) is 22.4 Å². The first-order valence-electron chi connectivity index (χ1n) is 13.8. The van der Waals surface area contributed by atoms with Gasteiger partial charge in [-0.3, -0.25) is 9.69 Å². The van der Waals surface area contributed by atoms with Crippen LogP contribution in [0.25, 0.3) is 22.3 Å². The fourth-order valence-corrected chi connectivity index (χ4v) is 5.41. The third-order valence-electron chi connectivity index (χ3n) is 7.29. The summed E-state index contributed by atoms with van der Waals surface area (Å²) in [5.41, 5.74) is 1.51. The number of carbonyl (C=O) groups excluding carboxylic acids is 1. The van der Waals surface area contributed by atoms with E-state index in [1.807, 2.05) is 18.4 Å². The fraction of sp³-hybridized carbons (Fsp3) is 0.414. The first-order valence-corrected chi connectivity index (χ1v) is 13.8. The molecule has 0 bridgehead atoms. The molecular weight excluding hydrogens is 571 g/mol. The first kappa shape index (κ1) is 30.3. The van der Waals surface area contributed by atoms with Gasteiger partial charge in [0, 0.05) is 37.8 Å². The first-order chi connectivity index (χ1) is 20.3. The molecule has 1 aliphatic heterocycles. The number of halogens is 5. The summed E-state index contributed by atoms with van der Waals surface area (Å²) in [7, 11) is 0. The van der Waals surface area contributed by atoms with Crippen LogP contribution in [0.1, 0.15) is 48.2 Å². The number of rotatable bonds is 6. The third kappa shape index (κ3) is 6.58. The average Bonchev–Trinajstić information content (AvgIpc) is 3.10. The highest BCUT2D eigenvalue weighted by atomic mass is 19.4. The number of aromatic nitrogens is 5. The molecule has 14 heteroatoms. The van der Waals surface area contributed by atoms with Crippen LogP contribution in [0.15, 0.2) is 30.5 Å². The highest BCUT2D eigenvalue weighted by Gasteiger charge is 2.32. The Hall–Kier alpha value is -4.20.